The molecule has 0 aliphatic heterocycles. The van der Waals surface area contributed by atoms with Crippen LogP contribution in [0.25, 0.3) is 0 Å². The Kier molecular flexibility index (Phi) is 8.63. The fraction of sp³-hybridized carbons (Fsp3) is 0.765. The Morgan fingerprint density at radius 3 is 2.68 bits per heavy atom. The summed E-state index contributed by atoms with van der Waals surface area (Å²) >= 11 is 0. The third-order valence-electron chi connectivity index (χ3n) is 3.80. The summed E-state index contributed by atoms with van der Waals surface area (Å²) < 4.78 is 1.99. The van der Waals surface area contributed by atoms with Gasteiger partial charge in [0, 0.05) is 24.8 Å². The van der Waals surface area contributed by atoms with Crippen molar-refractivity contribution in [2.75, 3.05) is 6.54 Å². The molecule has 1 aromatic rings. The van der Waals surface area contributed by atoms with Crippen LogP contribution in [0.15, 0.2) is 6.07 Å². The molecule has 1 unspecified atom stereocenters. The van der Waals surface area contributed by atoms with Gasteiger partial charge in [-0.25, -0.2) is 4.79 Å². The Labute approximate surface area is 134 Å². The molecule has 1 heterocycles. The van der Waals surface area contributed by atoms with Crippen LogP contribution >= 0.6 is 0 Å². The summed E-state index contributed by atoms with van der Waals surface area (Å²) in [5, 5.41) is 10.3. The van der Waals surface area contributed by atoms with Gasteiger partial charge in [0.05, 0.1) is 5.69 Å². The standard InChI is InChI=1S/C17H32N4O/c1-5-6-7-8-10-14(2)19-17(22)18-11-9-12-21-16(4)13-15(3)20-21/h13-14H,5-12H2,1-4H3,(H2,18,19,22). The zero-order valence-electron chi connectivity index (χ0n) is 14.6. The molecular formula is C17H32N4O. The van der Waals surface area contributed by atoms with Gasteiger partial charge < -0.3 is 10.6 Å². The molecule has 22 heavy (non-hydrogen) atoms. The van der Waals surface area contributed by atoms with E-state index in [0.29, 0.717) is 6.54 Å². The Hall–Kier alpha value is -1.52. The van der Waals surface area contributed by atoms with E-state index >= 15 is 0 Å². The predicted octanol–water partition coefficient (Wildman–Crippen LogP) is 3.55. The van der Waals surface area contributed by atoms with Crippen LogP contribution in [-0.4, -0.2) is 28.4 Å². The summed E-state index contributed by atoms with van der Waals surface area (Å²) in [6.45, 7) is 9.85. The van der Waals surface area contributed by atoms with E-state index in [4.69, 9.17) is 0 Å². The van der Waals surface area contributed by atoms with E-state index in [9.17, 15) is 4.79 Å². The monoisotopic (exact) mass is 308 g/mol. The molecule has 5 nitrogen and oxygen atoms in total. The van der Waals surface area contributed by atoms with E-state index in [-0.39, 0.29) is 12.1 Å². The molecule has 0 aromatic carbocycles. The van der Waals surface area contributed by atoms with E-state index in [1.807, 2.05) is 11.6 Å². The van der Waals surface area contributed by atoms with Crippen molar-refractivity contribution in [1.82, 2.24) is 20.4 Å². The summed E-state index contributed by atoms with van der Waals surface area (Å²) in [7, 11) is 0. The molecule has 0 spiro atoms. The van der Waals surface area contributed by atoms with Gasteiger partial charge in [-0.05, 0) is 39.7 Å². The lowest BCUT2D eigenvalue weighted by molar-refractivity contribution is 0.236. The van der Waals surface area contributed by atoms with E-state index in [1.165, 1.54) is 31.4 Å². The normalized spacial score (nSPS) is 12.2. The fourth-order valence-electron chi connectivity index (χ4n) is 2.56. The third-order valence-corrected chi connectivity index (χ3v) is 3.80. The van der Waals surface area contributed by atoms with Crippen molar-refractivity contribution >= 4 is 6.03 Å². The molecule has 0 aliphatic carbocycles. The third kappa shape index (κ3) is 7.48. The van der Waals surface area contributed by atoms with Crippen molar-refractivity contribution in [3.8, 4) is 0 Å². The highest BCUT2D eigenvalue weighted by Gasteiger charge is 2.06. The van der Waals surface area contributed by atoms with Gasteiger partial charge in [-0.2, -0.15) is 5.10 Å². The largest absolute Gasteiger partial charge is 0.338 e. The number of carbonyl (C=O) groups excluding carboxylic acids is 1. The molecule has 1 aromatic heterocycles. The lowest BCUT2D eigenvalue weighted by atomic mass is 10.1. The number of aromatic nitrogens is 2. The summed E-state index contributed by atoms with van der Waals surface area (Å²) in [5.41, 5.74) is 2.21. The maximum absolute atomic E-state index is 11.8. The Balaban J connectivity index is 2.09. The number of rotatable bonds is 10. The molecule has 0 bridgehead atoms. The second-order valence-electron chi connectivity index (χ2n) is 6.15. The van der Waals surface area contributed by atoms with Gasteiger partial charge in [0.1, 0.15) is 0 Å². The van der Waals surface area contributed by atoms with Crippen LogP contribution in [0.3, 0.4) is 0 Å². The average molecular weight is 308 g/mol. The Bertz CT molecular complexity index is 442. The molecule has 1 atom stereocenters. The first kappa shape index (κ1) is 18.5. The second-order valence-corrected chi connectivity index (χ2v) is 6.15. The van der Waals surface area contributed by atoms with Gasteiger partial charge in [-0.3, -0.25) is 4.68 Å². The lowest BCUT2D eigenvalue weighted by Crippen LogP contribution is -2.41. The fourth-order valence-corrected chi connectivity index (χ4v) is 2.56. The number of urea groups is 1. The molecule has 0 saturated carbocycles. The van der Waals surface area contributed by atoms with Crippen LogP contribution in [0.5, 0.6) is 0 Å². The van der Waals surface area contributed by atoms with Gasteiger partial charge in [0.15, 0.2) is 0 Å². The molecule has 126 valence electrons. The lowest BCUT2D eigenvalue weighted by Gasteiger charge is -2.14. The number of carbonyl (C=O) groups is 1. The van der Waals surface area contributed by atoms with Gasteiger partial charge in [0.25, 0.3) is 0 Å². The quantitative estimate of drug-likeness (QED) is 0.649. The van der Waals surface area contributed by atoms with E-state index in [1.54, 1.807) is 0 Å². The number of amides is 2. The minimum Gasteiger partial charge on any atom is -0.338 e. The van der Waals surface area contributed by atoms with Crippen molar-refractivity contribution in [3.05, 3.63) is 17.5 Å². The van der Waals surface area contributed by atoms with Crippen LogP contribution in [0, 0.1) is 13.8 Å². The second kappa shape index (κ2) is 10.2. The predicted molar refractivity (Wildman–Crippen MR) is 91.1 cm³/mol. The highest BCUT2D eigenvalue weighted by atomic mass is 16.2. The maximum Gasteiger partial charge on any atom is 0.314 e. The first-order valence-electron chi connectivity index (χ1n) is 8.58. The molecule has 2 N–H and O–H groups in total. The maximum atomic E-state index is 11.8. The number of hydrogen-bond acceptors (Lipinski definition) is 2. The van der Waals surface area contributed by atoms with E-state index in [2.05, 4.69) is 42.6 Å². The molecule has 2 amide bonds. The Morgan fingerprint density at radius 1 is 1.27 bits per heavy atom. The average Bonchev–Trinajstić information content (AvgIpc) is 2.78. The summed E-state index contributed by atoms with van der Waals surface area (Å²) in [6.07, 6.45) is 6.92. The van der Waals surface area contributed by atoms with Gasteiger partial charge in [0.2, 0.25) is 0 Å². The summed E-state index contributed by atoms with van der Waals surface area (Å²) in [6, 6.07) is 2.25. The van der Waals surface area contributed by atoms with Crippen LogP contribution in [0.4, 0.5) is 4.79 Å². The van der Waals surface area contributed by atoms with Crippen LogP contribution in [0.2, 0.25) is 0 Å². The molecular weight excluding hydrogens is 276 g/mol. The number of nitrogens with zero attached hydrogens (tertiary/aromatic N) is 2. The molecule has 0 aliphatic rings. The molecule has 0 radical (unpaired) electrons. The molecule has 0 fully saturated rings. The highest BCUT2D eigenvalue weighted by Crippen LogP contribution is 2.05. The Morgan fingerprint density at radius 2 is 2.05 bits per heavy atom. The molecule has 0 saturated heterocycles. The van der Waals surface area contributed by atoms with Gasteiger partial charge in [-0.15, -0.1) is 0 Å². The van der Waals surface area contributed by atoms with Crippen LogP contribution < -0.4 is 10.6 Å². The van der Waals surface area contributed by atoms with Crippen molar-refractivity contribution in [3.63, 3.8) is 0 Å². The highest BCUT2D eigenvalue weighted by molar-refractivity contribution is 5.74. The van der Waals surface area contributed by atoms with Crippen LogP contribution in [0.1, 0.15) is 63.8 Å². The van der Waals surface area contributed by atoms with Crippen molar-refractivity contribution in [1.29, 1.82) is 0 Å². The first-order valence-corrected chi connectivity index (χ1v) is 8.58. The first-order chi connectivity index (χ1) is 10.5. The van der Waals surface area contributed by atoms with E-state index < -0.39 is 0 Å². The van der Waals surface area contributed by atoms with Gasteiger partial charge >= 0.3 is 6.03 Å². The number of unbranched alkanes of at least 4 members (excludes halogenated alkanes) is 3. The number of hydrogen-bond donors (Lipinski definition) is 2. The zero-order valence-corrected chi connectivity index (χ0v) is 14.6. The van der Waals surface area contributed by atoms with Crippen molar-refractivity contribution in [2.45, 2.75) is 78.8 Å². The SMILES string of the molecule is CCCCCCC(C)NC(=O)NCCCn1nc(C)cc1C. The number of aryl methyl sites for hydroxylation is 3. The van der Waals surface area contributed by atoms with Crippen LogP contribution in [-0.2, 0) is 6.54 Å². The zero-order chi connectivity index (χ0) is 16.4. The molecule has 5 heteroatoms. The minimum absolute atomic E-state index is 0.0589. The molecule has 1 rings (SSSR count). The number of nitrogens with one attached hydrogen (secondary N) is 2. The minimum atomic E-state index is -0.0589. The van der Waals surface area contributed by atoms with Crippen molar-refractivity contribution < 1.29 is 4.79 Å². The van der Waals surface area contributed by atoms with E-state index in [0.717, 1.165) is 25.1 Å². The van der Waals surface area contributed by atoms with Crippen molar-refractivity contribution in [2.24, 2.45) is 0 Å². The summed E-state index contributed by atoms with van der Waals surface area (Å²) in [4.78, 5) is 11.8. The van der Waals surface area contributed by atoms with Gasteiger partial charge in [-0.1, -0.05) is 32.6 Å². The summed E-state index contributed by atoms with van der Waals surface area (Å²) in [5.74, 6) is 0. The smallest absolute Gasteiger partial charge is 0.314 e. The topological polar surface area (TPSA) is 59.0 Å².